The van der Waals surface area contributed by atoms with Crippen molar-refractivity contribution < 1.29 is 26.4 Å². The van der Waals surface area contributed by atoms with Crippen LogP contribution in [0, 0.1) is 0 Å². The molecule has 2 aromatic carbocycles. The van der Waals surface area contributed by atoms with E-state index in [1.165, 1.54) is 0 Å². The summed E-state index contributed by atoms with van der Waals surface area (Å²) in [6.45, 7) is 7.24. The van der Waals surface area contributed by atoms with Crippen molar-refractivity contribution in [2.45, 2.75) is 45.3 Å². The van der Waals surface area contributed by atoms with Gasteiger partial charge in [-0.1, -0.05) is 56.6 Å². The molecule has 10 heteroatoms. The molecule has 1 N–H and O–H groups in total. The number of amides is 1. The van der Waals surface area contributed by atoms with Crippen LogP contribution in [-0.4, -0.2) is 27.1 Å². The maximum absolute atomic E-state index is 13.1. The minimum Gasteiger partial charge on any atom is -0.348 e. The first-order valence-electron chi connectivity index (χ1n) is 9.74. The van der Waals surface area contributed by atoms with Crippen LogP contribution in [0.2, 0.25) is 5.02 Å². The molecule has 1 amide bonds. The molecule has 0 spiro atoms. The maximum Gasteiger partial charge on any atom is 0.416 e. The zero-order valence-electron chi connectivity index (χ0n) is 18.4. The van der Waals surface area contributed by atoms with Gasteiger partial charge >= 0.3 is 6.18 Å². The van der Waals surface area contributed by atoms with E-state index in [0.717, 1.165) is 29.5 Å². The van der Waals surface area contributed by atoms with Crippen LogP contribution < -0.4 is 9.62 Å². The van der Waals surface area contributed by atoms with Crippen LogP contribution >= 0.6 is 11.6 Å². The number of rotatable bonds is 6. The Hall–Kier alpha value is -2.26. The number of nitrogens with one attached hydrogen (secondary N) is 1. The van der Waals surface area contributed by atoms with Gasteiger partial charge in [-0.05, 0) is 41.7 Å². The van der Waals surface area contributed by atoms with E-state index in [9.17, 15) is 26.4 Å². The number of anilines is 1. The van der Waals surface area contributed by atoms with Crippen LogP contribution in [0.15, 0.2) is 42.5 Å². The second-order valence-electron chi connectivity index (χ2n) is 8.59. The quantitative estimate of drug-likeness (QED) is 0.597. The molecule has 0 saturated heterocycles. The first-order chi connectivity index (χ1) is 14.5. The molecule has 32 heavy (non-hydrogen) atoms. The number of benzene rings is 2. The summed E-state index contributed by atoms with van der Waals surface area (Å²) >= 11 is 5.98. The molecule has 0 aliphatic heterocycles. The summed E-state index contributed by atoms with van der Waals surface area (Å²) in [7, 11) is -4.10. The Morgan fingerprint density at radius 3 is 2.06 bits per heavy atom. The van der Waals surface area contributed by atoms with Crippen LogP contribution in [0.5, 0.6) is 0 Å². The summed E-state index contributed by atoms with van der Waals surface area (Å²) in [6.07, 6.45) is -3.90. The second-order valence-corrected chi connectivity index (χ2v) is 10.9. The number of carbonyl (C=O) groups excluding carboxylic acids is 1. The monoisotopic (exact) mass is 490 g/mol. The third-order valence-corrected chi connectivity index (χ3v) is 6.33. The van der Waals surface area contributed by atoms with Gasteiger partial charge in [-0.3, -0.25) is 9.10 Å². The summed E-state index contributed by atoms with van der Waals surface area (Å²) < 4.78 is 64.4. The molecule has 0 fully saturated rings. The summed E-state index contributed by atoms with van der Waals surface area (Å²) in [6, 6.07) is 9.49. The number of carbonyl (C=O) groups is 1. The summed E-state index contributed by atoms with van der Waals surface area (Å²) in [4.78, 5) is 12.6. The number of halogens is 4. The highest BCUT2D eigenvalue weighted by molar-refractivity contribution is 7.92. The van der Waals surface area contributed by atoms with E-state index in [0.29, 0.717) is 10.4 Å². The Morgan fingerprint density at radius 1 is 1.06 bits per heavy atom. The van der Waals surface area contributed by atoms with Gasteiger partial charge in [0.1, 0.15) is 6.54 Å². The lowest BCUT2D eigenvalue weighted by atomic mass is 9.86. The highest BCUT2D eigenvalue weighted by Crippen LogP contribution is 2.36. The topological polar surface area (TPSA) is 66.5 Å². The average molecular weight is 491 g/mol. The molecule has 2 aromatic rings. The highest BCUT2D eigenvalue weighted by atomic mass is 35.5. The predicted molar refractivity (Wildman–Crippen MR) is 120 cm³/mol. The van der Waals surface area contributed by atoms with E-state index >= 15 is 0 Å². The van der Waals surface area contributed by atoms with Crippen LogP contribution in [0.25, 0.3) is 0 Å². The molecule has 0 aliphatic rings. The Bertz CT molecular complexity index is 1080. The Kier molecular flexibility index (Phi) is 7.56. The number of hydrogen-bond acceptors (Lipinski definition) is 3. The molecule has 0 saturated carbocycles. The van der Waals surface area contributed by atoms with E-state index in [-0.39, 0.29) is 10.4 Å². The first-order valence-corrected chi connectivity index (χ1v) is 12.0. The fraction of sp³-hybridized carbons (Fsp3) is 0.409. The van der Waals surface area contributed by atoms with Gasteiger partial charge in [-0.2, -0.15) is 13.2 Å². The van der Waals surface area contributed by atoms with Gasteiger partial charge in [0.2, 0.25) is 15.9 Å². The van der Waals surface area contributed by atoms with Gasteiger partial charge in [0, 0.05) is 0 Å². The highest BCUT2D eigenvalue weighted by Gasteiger charge is 2.33. The van der Waals surface area contributed by atoms with Gasteiger partial charge in [0.15, 0.2) is 0 Å². The van der Waals surface area contributed by atoms with Gasteiger partial charge in [0.25, 0.3) is 0 Å². The molecule has 0 heterocycles. The average Bonchev–Trinajstić information content (AvgIpc) is 2.64. The molecule has 0 aliphatic carbocycles. The molecule has 1 atom stereocenters. The van der Waals surface area contributed by atoms with Crippen molar-refractivity contribution >= 4 is 33.2 Å². The minimum atomic E-state index is -4.70. The Labute approximate surface area is 191 Å². The molecule has 0 radical (unpaired) electrons. The second kappa shape index (κ2) is 9.31. The Morgan fingerprint density at radius 2 is 1.59 bits per heavy atom. The van der Waals surface area contributed by atoms with Gasteiger partial charge < -0.3 is 5.32 Å². The summed E-state index contributed by atoms with van der Waals surface area (Å²) in [5, 5.41) is 2.46. The lowest BCUT2D eigenvalue weighted by Gasteiger charge is -2.25. The van der Waals surface area contributed by atoms with Gasteiger partial charge in [-0.15, -0.1) is 0 Å². The summed E-state index contributed by atoms with van der Waals surface area (Å²) in [5.41, 5.74) is 0.391. The maximum atomic E-state index is 13.1. The number of alkyl halides is 3. The zero-order valence-corrected chi connectivity index (χ0v) is 20.0. The van der Waals surface area contributed by atoms with Crippen molar-refractivity contribution in [2.24, 2.45) is 0 Å². The SMILES string of the molecule is C[C@H](NC(=O)CN(c1cc(C(F)(F)F)ccc1Cl)S(C)(=O)=O)c1ccc(C(C)(C)C)cc1. The van der Waals surface area contributed by atoms with E-state index in [4.69, 9.17) is 11.6 Å². The molecule has 5 nitrogen and oxygen atoms in total. The fourth-order valence-electron chi connectivity index (χ4n) is 3.03. The first kappa shape index (κ1) is 26.0. The van der Waals surface area contributed by atoms with Crippen molar-refractivity contribution in [1.29, 1.82) is 0 Å². The van der Waals surface area contributed by atoms with Crippen molar-refractivity contribution in [3.05, 3.63) is 64.2 Å². The van der Waals surface area contributed by atoms with E-state index in [2.05, 4.69) is 26.1 Å². The lowest BCUT2D eigenvalue weighted by Crippen LogP contribution is -2.41. The van der Waals surface area contributed by atoms with E-state index in [1.807, 2.05) is 24.3 Å². The minimum absolute atomic E-state index is 0.0365. The molecule has 2 rings (SSSR count). The van der Waals surface area contributed by atoms with Crippen LogP contribution in [0.4, 0.5) is 18.9 Å². The van der Waals surface area contributed by atoms with Gasteiger partial charge in [-0.25, -0.2) is 8.42 Å². The molecule has 0 unspecified atom stereocenters. The van der Waals surface area contributed by atoms with Crippen LogP contribution in [-0.2, 0) is 26.4 Å². The smallest absolute Gasteiger partial charge is 0.348 e. The van der Waals surface area contributed by atoms with Crippen molar-refractivity contribution in [2.75, 3.05) is 17.1 Å². The molecular formula is C22H26ClF3N2O3S. The normalized spacial score (nSPS) is 13.5. The number of nitrogens with zero attached hydrogens (tertiary/aromatic N) is 1. The third-order valence-electron chi connectivity index (χ3n) is 4.88. The van der Waals surface area contributed by atoms with Crippen molar-refractivity contribution in [1.82, 2.24) is 5.32 Å². The van der Waals surface area contributed by atoms with E-state index < -0.39 is 45.9 Å². The predicted octanol–water partition coefficient (Wildman–Crippen LogP) is 5.30. The zero-order chi connectivity index (χ0) is 24.5. The summed E-state index contributed by atoms with van der Waals surface area (Å²) in [5.74, 6) is -0.684. The van der Waals surface area contributed by atoms with Crippen molar-refractivity contribution in [3.8, 4) is 0 Å². The lowest BCUT2D eigenvalue weighted by molar-refractivity contribution is -0.137. The third kappa shape index (κ3) is 6.62. The Balaban J connectivity index is 2.25. The van der Waals surface area contributed by atoms with Crippen LogP contribution in [0.1, 0.15) is 50.4 Å². The molecule has 0 bridgehead atoms. The van der Waals surface area contributed by atoms with Crippen LogP contribution in [0.3, 0.4) is 0 Å². The van der Waals surface area contributed by atoms with Gasteiger partial charge in [0.05, 0.1) is 28.6 Å². The fourth-order valence-corrected chi connectivity index (χ4v) is 4.16. The molecule has 0 aromatic heterocycles. The molecule has 176 valence electrons. The standard InChI is InChI=1S/C22H26ClF3N2O3S/c1-14(15-6-8-16(9-7-15)21(2,3)4)27-20(29)13-28(32(5,30)31)19-12-17(22(24,25)26)10-11-18(19)23/h6-12,14H,13H2,1-5H3,(H,27,29)/t14-/m0/s1. The van der Waals surface area contributed by atoms with E-state index in [1.54, 1.807) is 6.92 Å². The largest absolute Gasteiger partial charge is 0.416 e. The number of hydrogen-bond donors (Lipinski definition) is 1. The number of sulfonamides is 1. The van der Waals surface area contributed by atoms with Crippen molar-refractivity contribution in [3.63, 3.8) is 0 Å². The molecular weight excluding hydrogens is 465 g/mol.